The van der Waals surface area contributed by atoms with E-state index in [1.165, 1.54) is 6.07 Å². The Morgan fingerprint density at radius 1 is 0.926 bits per heavy atom. The number of halogens is 2. The summed E-state index contributed by atoms with van der Waals surface area (Å²) >= 11 is 6.26. The molecule has 2 saturated heterocycles. The first kappa shape index (κ1) is 46.5. The number of ether oxygens (including phenoxy) is 1. The highest BCUT2D eigenvalue weighted by atomic mass is 35.5. The van der Waals surface area contributed by atoms with E-state index in [1.807, 2.05) is 24.2 Å². The molecule has 3 fully saturated rings. The standard InChI is InChI=1S/C49H57ClFN13O4/c1-30(65)63-16-13-41-37(28-63)43(56-40-10-8-31(21-39(40)51)34-26-55-59(6)27-34)58-64(41)35-11-14-61(15-12-35)42(66)29-60-17-19-62(20-18-60)47-53-24-33(25-54-47)44(67)57-45-48(2,3)46(49(45,4)5)68-36-9-7-32(23-52)38(50)22-36/h7-10,21-22,24-27,35,45-46H,11-20,28-29H2,1-6H3,(H,56,58)(H,57,67). The topological polar surface area (TPSA) is 183 Å². The van der Waals surface area contributed by atoms with E-state index in [2.05, 4.69) is 73.9 Å². The third-order valence-electron chi connectivity index (χ3n) is 14.3. The van der Waals surface area contributed by atoms with Crippen LogP contribution in [0.5, 0.6) is 5.75 Å². The second kappa shape index (κ2) is 18.5. The van der Waals surface area contributed by atoms with Crippen LogP contribution in [-0.2, 0) is 29.6 Å². The Kier molecular flexibility index (Phi) is 12.6. The van der Waals surface area contributed by atoms with Gasteiger partial charge in [-0.25, -0.2) is 14.4 Å². The molecule has 2 aromatic carbocycles. The lowest BCUT2D eigenvalue weighted by atomic mass is 9.49. The van der Waals surface area contributed by atoms with Crippen LogP contribution in [0.3, 0.4) is 0 Å². The summed E-state index contributed by atoms with van der Waals surface area (Å²) in [5.41, 5.74) is 3.67. The molecule has 356 valence electrons. The van der Waals surface area contributed by atoms with E-state index < -0.39 is 16.6 Å². The quantitative estimate of drug-likeness (QED) is 0.158. The van der Waals surface area contributed by atoms with E-state index in [4.69, 9.17) is 21.4 Å². The number of rotatable bonds is 11. The number of aryl methyl sites for hydroxylation is 1. The fourth-order valence-electron chi connectivity index (χ4n) is 10.8. The minimum Gasteiger partial charge on any atom is -0.489 e. The van der Waals surface area contributed by atoms with Gasteiger partial charge in [-0.3, -0.25) is 28.6 Å². The molecule has 5 aromatic rings. The van der Waals surface area contributed by atoms with E-state index in [0.717, 1.165) is 35.2 Å². The maximum Gasteiger partial charge on any atom is 0.254 e. The van der Waals surface area contributed by atoms with Crippen LogP contribution in [0.2, 0.25) is 5.02 Å². The van der Waals surface area contributed by atoms with Gasteiger partial charge in [0.15, 0.2) is 5.82 Å². The SMILES string of the molecule is CC(=O)N1CCc2c(c(Nc3ccc(-c4cnn(C)c4)cc3F)nn2C2CCN(C(=O)CN3CCN(c4ncc(C(=O)NC5C(C)(C)C(Oc6ccc(C#N)c(Cl)c6)C5(C)C)cn4)CC3)CC2)C1. The number of carbonyl (C=O) groups is 3. The molecule has 1 saturated carbocycles. The number of carbonyl (C=O) groups excluding carboxylic acids is 3. The minimum atomic E-state index is -0.416. The lowest BCUT2D eigenvalue weighted by Gasteiger charge is -2.63. The second-order valence-corrected chi connectivity index (χ2v) is 20.0. The number of benzene rings is 2. The zero-order valence-electron chi connectivity index (χ0n) is 39.3. The second-order valence-electron chi connectivity index (χ2n) is 19.6. The zero-order chi connectivity index (χ0) is 48.1. The number of piperidine rings is 1. The predicted octanol–water partition coefficient (Wildman–Crippen LogP) is 5.98. The summed E-state index contributed by atoms with van der Waals surface area (Å²) in [4.78, 5) is 56.7. The van der Waals surface area contributed by atoms with E-state index in [-0.39, 0.29) is 35.9 Å². The van der Waals surface area contributed by atoms with Crippen molar-refractivity contribution in [3.63, 3.8) is 0 Å². The van der Waals surface area contributed by atoms with Gasteiger partial charge in [0.05, 0.1) is 47.2 Å². The molecule has 3 aliphatic heterocycles. The fraction of sp³-hybridized carbons (Fsp3) is 0.469. The van der Waals surface area contributed by atoms with E-state index in [0.29, 0.717) is 105 Å². The van der Waals surface area contributed by atoms with Crippen LogP contribution < -0.4 is 20.3 Å². The molecule has 1 aliphatic carbocycles. The van der Waals surface area contributed by atoms with E-state index >= 15 is 4.39 Å². The highest BCUT2D eigenvalue weighted by molar-refractivity contribution is 6.31. The molecule has 0 unspecified atom stereocenters. The minimum absolute atomic E-state index is 0.0204. The smallest absolute Gasteiger partial charge is 0.254 e. The highest BCUT2D eigenvalue weighted by Crippen LogP contribution is 2.55. The molecular weight excluding hydrogens is 889 g/mol. The molecule has 17 nitrogen and oxygen atoms in total. The summed E-state index contributed by atoms with van der Waals surface area (Å²) in [6.45, 7) is 14.9. The van der Waals surface area contributed by atoms with Gasteiger partial charge in [-0.2, -0.15) is 15.5 Å². The Hall–Kier alpha value is -6.58. The third-order valence-corrected chi connectivity index (χ3v) is 14.6. The average molecular weight is 947 g/mol. The molecular formula is C49H57ClFN13O4. The highest BCUT2D eigenvalue weighted by Gasteiger charge is 2.64. The van der Waals surface area contributed by atoms with Crippen LogP contribution in [0.25, 0.3) is 11.1 Å². The first-order chi connectivity index (χ1) is 32.5. The van der Waals surface area contributed by atoms with Gasteiger partial charge >= 0.3 is 0 Å². The van der Waals surface area contributed by atoms with E-state index in [1.54, 1.807) is 59.4 Å². The molecule has 3 amide bonds. The number of likely N-dealkylation sites (tertiary alicyclic amines) is 1. The lowest BCUT2D eigenvalue weighted by molar-refractivity contribution is -0.164. The zero-order valence-corrected chi connectivity index (χ0v) is 40.1. The van der Waals surface area contributed by atoms with Crippen molar-refractivity contribution in [1.29, 1.82) is 5.26 Å². The number of aromatic nitrogens is 6. The maximum atomic E-state index is 15.5. The number of hydrogen-bond acceptors (Lipinski definition) is 12. The van der Waals surface area contributed by atoms with Crippen LogP contribution in [0.1, 0.15) is 80.7 Å². The monoisotopic (exact) mass is 945 g/mol. The molecule has 0 atom stereocenters. The lowest BCUT2D eigenvalue weighted by Crippen LogP contribution is -2.74. The molecule has 2 N–H and O–H groups in total. The number of nitrogens with one attached hydrogen (secondary N) is 2. The number of nitriles is 1. The van der Waals surface area contributed by atoms with Crippen LogP contribution >= 0.6 is 11.6 Å². The van der Waals surface area contributed by atoms with Crippen molar-refractivity contribution in [2.75, 3.05) is 62.6 Å². The van der Waals surface area contributed by atoms with Crippen molar-refractivity contribution in [2.24, 2.45) is 17.9 Å². The third kappa shape index (κ3) is 9.08. The summed E-state index contributed by atoms with van der Waals surface area (Å²) < 4.78 is 25.6. The van der Waals surface area contributed by atoms with Crippen molar-refractivity contribution in [2.45, 2.75) is 78.6 Å². The molecule has 0 radical (unpaired) electrons. The molecule has 3 aromatic heterocycles. The van der Waals surface area contributed by atoms with Crippen LogP contribution in [0.15, 0.2) is 61.2 Å². The first-order valence-corrected chi connectivity index (χ1v) is 23.5. The molecule has 19 heteroatoms. The molecule has 6 heterocycles. The van der Waals surface area contributed by atoms with Gasteiger partial charge < -0.3 is 30.1 Å². The molecule has 0 spiro atoms. The summed E-state index contributed by atoms with van der Waals surface area (Å²) in [7, 11) is 1.82. The largest absolute Gasteiger partial charge is 0.489 e. The number of hydrogen-bond donors (Lipinski definition) is 2. The summed E-state index contributed by atoms with van der Waals surface area (Å²) in [5.74, 6) is 1.02. The van der Waals surface area contributed by atoms with Crippen molar-refractivity contribution in [1.82, 2.24) is 49.5 Å². The molecule has 4 aliphatic rings. The number of fused-ring (bicyclic) bond motifs is 1. The van der Waals surface area contributed by atoms with Crippen LogP contribution in [0, 0.1) is 28.0 Å². The summed E-state index contributed by atoms with van der Waals surface area (Å²) in [6, 6.07) is 12.0. The number of nitrogens with zero attached hydrogens (tertiary/aromatic N) is 11. The van der Waals surface area contributed by atoms with Gasteiger partial charge in [0.2, 0.25) is 17.8 Å². The van der Waals surface area contributed by atoms with E-state index in [9.17, 15) is 19.6 Å². The van der Waals surface area contributed by atoms with Gasteiger partial charge in [-0.15, -0.1) is 0 Å². The molecule has 0 bridgehead atoms. The van der Waals surface area contributed by atoms with Gasteiger partial charge in [0, 0.05) is 125 Å². The number of anilines is 3. The molecule has 68 heavy (non-hydrogen) atoms. The Morgan fingerprint density at radius 3 is 2.28 bits per heavy atom. The fourth-order valence-corrected chi connectivity index (χ4v) is 11.0. The van der Waals surface area contributed by atoms with Crippen LogP contribution in [0.4, 0.5) is 21.8 Å². The van der Waals surface area contributed by atoms with Crippen molar-refractivity contribution in [3.8, 4) is 22.9 Å². The normalized spacial score (nSPS) is 20.2. The van der Waals surface area contributed by atoms with Gasteiger partial charge in [-0.1, -0.05) is 45.4 Å². The Labute approximate surface area is 400 Å². The first-order valence-electron chi connectivity index (χ1n) is 23.2. The Bertz CT molecular complexity index is 2750. The van der Waals surface area contributed by atoms with Gasteiger partial charge in [0.1, 0.15) is 23.7 Å². The Balaban J connectivity index is 0.757. The molecule has 9 rings (SSSR count). The number of piperazine rings is 1. The summed E-state index contributed by atoms with van der Waals surface area (Å²) in [5, 5.41) is 25.2. The maximum absolute atomic E-state index is 15.5. The van der Waals surface area contributed by atoms with Crippen LogP contribution in [-0.4, -0.2) is 126 Å². The average Bonchev–Trinajstić information content (AvgIpc) is 3.93. The van der Waals surface area contributed by atoms with Crippen molar-refractivity contribution in [3.05, 3.63) is 94.4 Å². The van der Waals surface area contributed by atoms with Crippen molar-refractivity contribution < 1.29 is 23.5 Å². The van der Waals surface area contributed by atoms with Gasteiger partial charge in [-0.05, 0) is 42.7 Å². The van der Waals surface area contributed by atoms with Gasteiger partial charge in [0.25, 0.3) is 5.91 Å². The Morgan fingerprint density at radius 2 is 1.65 bits per heavy atom. The predicted molar refractivity (Wildman–Crippen MR) is 254 cm³/mol. The van der Waals surface area contributed by atoms with Crippen molar-refractivity contribution >= 4 is 46.8 Å². The number of amides is 3. The summed E-state index contributed by atoms with van der Waals surface area (Å²) in [6.07, 6.45) is 8.51.